The molecule has 3 aromatic carbocycles. The van der Waals surface area contributed by atoms with Crippen molar-refractivity contribution in [2.45, 2.75) is 32.0 Å². The highest BCUT2D eigenvalue weighted by Crippen LogP contribution is 2.37. The third-order valence-corrected chi connectivity index (χ3v) is 6.46. The number of hydrogen-bond donors (Lipinski definition) is 1. The van der Waals surface area contributed by atoms with Gasteiger partial charge in [0.15, 0.2) is 0 Å². The van der Waals surface area contributed by atoms with E-state index in [1.165, 1.54) is 11.3 Å². The molecule has 5 rings (SSSR count). The van der Waals surface area contributed by atoms with Gasteiger partial charge >= 0.3 is 0 Å². The summed E-state index contributed by atoms with van der Waals surface area (Å²) in [6.45, 7) is 4.31. The SMILES string of the molecule is Cc1ccc(N2C[C@@H]3C[C@H]2CN3c2ccc(C(=O)N(O)Cc3ccccc3)cc2)cc1. The van der Waals surface area contributed by atoms with E-state index < -0.39 is 0 Å². The minimum atomic E-state index is -0.385. The number of aryl methyl sites for hydroxylation is 1. The maximum absolute atomic E-state index is 12.6. The van der Waals surface area contributed by atoms with Crippen LogP contribution in [0.4, 0.5) is 11.4 Å². The average molecular weight is 414 g/mol. The Balaban J connectivity index is 1.23. The number of hydrogen-bond acceptors (Lipinski definition) is 4. The zero-order valence-corrected chi connectivity index (χ0v) is 17.7. The van der Waals surface area contributed by atoms with Gasteiger partial charge in [0, 0.05) is 42.1 Å². The first-order valence-corrected chi connectivity index (χ1v) is 10.8. The second kappa shape index (κ2) is 8.08. The first kappa shape index (κ1) is 19.6. The molecule has 2 aliphatic rings. The molecule has 0 aromatic heterocycles. The Morgan fingerprint density at radius 2 is 1.42 bits per heavy atom. The molecule has 5 nitrogen and oxygen atoms in total. The Kier molecular flexibility index (Phi) is 5.12. The molecule has 5 heteroatoms. The van der Waals surface area contributed by atoms with Crippen LogP contribution in [0.1, 0.15) is 27.9 Å². The van der Waals surface area contributed by atoms with E-state index in [1.54, 1.807) is 0 Å². The molecule has 158 valence electrons. The summed E-state index contributed by atoms with van der Waals surface area (Å²) in [6.07, 6.45) is 1.16. The largest absolute Gasteiger partial charge is 0.365 e. The van der Waals surface area contributed by atoms with Crippen LogP contribution >= 0.6 is 0 Å². The van der Waals surface area contributed by atoms with Gasteiger partial charge in [0.1, 0.15) is 0 Å². The third-order valence-electron chi connectivity index (χ3n) is 6.46. The number of anilines is 2. The Morgan fingerprint density at radius 1 is 0.871 bits per heavy atom. The molecule has 2 saturated heterocycles. The van der Waals surface area contributed by atoms with Crippen molar-refractivity contribution in [2.75, 3.05) is 22.9 Å². The van der Waals surface area contributed by atoms with E-state index in [9.17, 15) is 10.0 Å². The standard InChI is InChI=1S/C26H27N3O2/c1-19-7-11-22(12-8-19)27-17-25-15-24(27)18-28(25)23-13-9-21(10-14-23)26(30)29(31)16-20-5-3-2-4-6-20/h2-14,24-25,31H,15-18H2,1H3/t24-,25-/m0/s1. The zero-order valence-electron chi connectivity index (χ0n) is 17.7. The molecular formula is C26H27N3O2. The van der Waals surface area contributed by atoms with Gasteiger partial charge < -0.3 is 9.80 Å². The highest BCUT2D eigenvalue weighted by atomic mass is 16.5. The van der Waals surface area contributed by atoms with Crippen LogP contribution in [0, 0.1) is 6.92 Å². The molecule has 2 fully saturated rings. The van der Waals surface area contributed by atoms with Crippen molar-refractivity contribution in [3.63, 3.8) is 0 Å². The molecular weight excluding hydrogens is 386 g/mol. The van der Waals surface area contributed by atoms with Crippen molar-refractivity contribution in [2.24, 2.45) is 0 Å². The van der Waals surface area contributed by atoms with Crippen molar-refractivity contribution < 1.29 is 10.0 Å². The van der Waals surface area contributed by atoms with E-state index in [0.717, 1.165) is 35.8 Å². The predicted molar refractivity (Wildman–Crippen MR) is 123 cm³/mol. The van der Waals surface area contributed by atoms with Crippen LogP contribution < -0.4 is 9.80 Å². The van der Waals surface area contributed by atoms with Crippen molar-refractivity contribution >= 4 is 17.3 Å². The van der Waals surface area contributed by atoms with Gasteiger partial charge in [0.25, 0.3) is 5.91 Å². The van der Waals surface area contributed by atoms with Gasteiger partial charge in [-0.25, -0.2) is 5.06 Å². The molecule has 0 saturated carbocycles. The lowest BCUT2D eigenvalue weighted by Gasteiger charge is -2.37. The van der Waals surface area contributed by atoms with E-state index in [2.05, 4.69) is 41.0 Å². The molecule has 31 heavy (non-hydrogen) atoms. The molecule has 2 bridgehead atoms. The topological polar surface area (TPSA) is 47.0 Å². The predicted octanol–water partition coefficient (Wildman–Crippen LogP) is 4.49. The Morgan fingerprint density at radius 3 is 1.97 bits per heavy atom. The second-order valence-electron chi connectivity index (χ2n) is 8.58. The maximum atomic E-state index is 12.6. The van der Waals surface area contributed by atoms with E-state index >= 15 is 0 Å². The van der Waals surface area contributed by atoms with E-state index in [1.807, 2.05) is 54.6 Å². The lowest BCUT2D eigenvalue weighted by molar-refractivity contribution is -0.0648. The first-order valence-electron chi connectivity index (χ1n) is 10.8. The molecule has 2 aliphatic heterocycles. The number of benzene rings is 3. The zero-order chi connectivity index (χ0) is 21.4. The third kappa shape index (κ3) is 3.89. The Bertz CT molecular complexity index is 1050. The summed E-state index contributed by atoms with van der Waals surface area (Å²) in [5.74, 6) is -0.385. The van der Waals surface area contributed by atoms with Crippen LogP contribution in [0.5, 0.6) is 0 Å². The Hall–Kier alpha value is -3.31. The minimum Gasteiger partial charge on any atom is -0.365 e. The molecule has 1 N–H and O–H groups in total. The second-order valence-corrected chi connectivity index (χ2v) is 8.58. The number of fused-ring (bicyclic) bond motifs is 2. The summed E-state index contributed by atoms with van der Waals surface area (Å²) in [6, 6.07) is 26.9. The monoisotopic (exact) mass is 413 g/mol. The number of rotatable bonds is 5. The number of carbonyl (C=O) groups is 1. The summed E-state index contributed by atoms with van der Waals surface area (Å²) in [7, 11) is 0. The summed E-state index contributed by atoms with van der Waals surface area (Å²) >= 11 is 0. The fraction of sp³-hybridized carbons (Fsp3) is 0.269. The lowest BCUT2D eigenvalue weighted by atomic mass is 10.1. The lowest BCUT2D eigenvalue weighted by Crippen LogP contribution is -2.46. The average Bonchev–Trinajstić information content (AvgIpc) is 3.41. The first-order chi connectivity index (χ1) is 15.1. The van der Waals surface area contributed by atoms with Gasteiger partial charge in [-0.15, -0.1) is 0 Å². The van der Waals surface area contributed by atoms with Crippen LogP contribution in [0.15, 0.2) is 78.9 Å². The number of nitrogens with zero attached hydrogens (tertiary/aromatic N) is 3. The molecule has 2 atom stereocenters. The molecule has 0 radical (unpaired) electrons. The Labute approximate surface area is 183 Å². The van der Waals surface area contributed by atoms with E-state index in [0.29, 0.717) is 17.6 Å². The normalized spacial score (nSPS) is 19.7. The molecule has 2 heterocycles. The summed E-state index contributed by atoms with van der Waals surface area (Å²) in [5, 5.41) is 11.0. The van der Waals surface area contributed by atoms with E-state index in [4.69, 9.17) is 0 Å². The highest BCUT2D eigenvalue weighted by Gasteiger charge is 2.43. The number of amides is 1. The van der Waals surface area contributed by atoms with Crippen molar-refractivity contribution in [1.82, 2.24) is 5.06 Å². The van der Waals surface area contributed by atoms with E-state index in [-0.39, 0.29) is 12.5 Å². The van der Waals surface area contributed by atoms with Crippen LogP contribution in [0.2, 0.25) is 0 Å². The van der Waals surface area contributed by atoms with Crippen LogP contribution in [0.3, 0.4) is 0 Å². The smallest absolute Gasteiger partial charge is 0.277 e. The fourth-order valence-corrected chi connectivity index (χ4v) is 4.81. The van der Waals surface area contributed by atoms with Crippen LogP contribution in [-0.4, -0.2) is 41.4 Å². The van der Waals surface area contributed by atoms with Crippen molar-refractivity contribution in [3.05, 3.63) is 95.6 Å². The summed E-state index contributed by atoms with van der Waals surface area (Å²) < 4.78 is 0. The minimum absolute atomic E-state index is 0.173. The van der Waals surface area contributed by atoms with Gasteiger partial charge in [-0.2, -0.15) is 0 Å². The molecule has 0 spiro atoms. The summed E-state index contributed by atoms with van der Waals surface area (Å²) in [5.41, 5.74) is 5.11. The highest BCUT2D eigenvalue weighted by molar-refractivity contribution is 5.93. The molecule has 0 unspecified atom stereocenters. The number of piperazine rings is 1. The van der Waals surface area contributed by atoms with Gasteiger partial charge in [-0.1, -0.05) is 48.0 Å². The van der Waals surface area contributed by atoms with Gasteiger partial charge in [0.05, 0.1) is 6.54 Å². The van der Waals surface area contributed by atoms with Crippen molar-refractivity contribution in [3.8, 4) is 0 Å². The maximum Gasteiger partial charge on any atom is 0.277 e. The number of carbonyl (C=O) groups excluding carboxylic acids is 1. The number of hydroxylamine groups is 2. The molecule has 1 amide bonds. The van der Waals surface area contributed by atoms with Crippen molar-refractivity contribution in [1.29, 1.82) is 0 Å². The molecule has 0 aliphatic carbocycles. The van der Waals surface area contributed by atoms with Gasteiger partial charge in [-0.05, 0) is 55.3 Å². The fourth-order valence-electron chi connectivity index (χ4n) is 4.81. The van der Waals surface area contributed by atoms with Gasteiger partial charge in [-0.3, -0.25) is 10.0 Å². The summed E-state index contributed by atoms with van der Waals surface area (Å²) in [4.78, 5) is 17.6. The van der Waals surface area contributed by atoms with Crippen LogP contribution in [-0.2, 0) is 6.54 Å². The molecule has 3 aromatic rings. The quantitative estimate of drug-likeness (QED) is 0.494. The van der Waals surface area contributed by atoms with Crippen LogP contribution in [0.25, 0.3) is 0 Å². The van der Waals surface area contributed by atoms with Gasteiger partial charge in [0.2, 0.25) is 0 Å².